The van der Waals surface area contributed by atoms with Gasteiger partial charge in [-0.2, -0.15) is 0 Å². The molecule has 1 aliphatic rings. The van der Waals surface area contributed by atoms with E-state index in [0.717, 1.165) is 19.0 Å². The molecule has 0 aliphatic carbocycles. The Labute approximate surface area is 102 Å². The summed E-state index contributed by atoms with van der Waals surface area (Å²) in [5.74, 6) is 0.880. The van der Waals surface area contributed by atoms with Crippen molar-refractivity contribution in [1.29, 1.82) is 0 Å². The molecule has 0 N–H and O–H groups in total. The Kier molecular flexibility index (Phi) is 11.7. The van der Waals surface area contributed by atoms with Crippen LogP contribution in [0, 0.1) is 5.92 Å². The van der Waals surface area contributed by atoms with E-state index in [0.29, 0.717) is 0 Å². The first-order valence-corrected chi connectivity index (χ1v) is 2.53. The van der Waals surface area contributed by atoms with Gasteiger partial charge in [-0.05, 0) is 0 Å². The van der Waals surface area contributed by atoms with Gasteiger partial charge in [0.2, 0.25) is 0 Å². The van der Waals surface area contributed by atoms with Crippen LogP contribution in [0.2, 0.25) is 0 Å². The summed E-state index contributed by atoms with van der Waals surface area (Å²) in [4.78, 5) is 0. The molecule has 0 aromatic carbocycles. The van der Waals surface area contributed by atoms with E-state index in [1.165, 1.54) is 6.42 Å². The van der Waals surface area contributed by atoms with E-state index in [1.54, 1.807) is 0 Å². The third kappa shape index (κ3) is 4.99. The smallest absolute Gasteiger partial charge is 0 e. The largest absolute Gasteiger partial charge is 0.662 e. The van der Waals surface area contributed by atoms with Gasteiger partial charge < -0.3 is 5.32 Å². The SMILES string of the molecule is C[C@H]1CC[N-]C1.[Y].[Y]. The Hall–Kier alpha value is 2.17. The van der Waals surface area contributed by atoms with Gasteiger partial charge >= 0.3 is 0 Å². The number of rotatable bonds is 0. The zero-order valence-corrected chi connectivity index (χ0v) is 11.0. The minimum Gasteiger partial charge on any atom is -0.662 e. The van der Waals surface area contributed by atoms with Crippen molar-refractivity contribution < 1.29 is 65.4 Å². The second-order valence-corrected chi connectivity index (χ2v) is 2.02. The molecule has 1 nitrogen and oxygen atoms in total. The molecular formula is C5H10NY2-. The van der Waals surface area contributed by atoms with E-state index in [1.807, 2.05) is 0 Å². The van der Waals surface area contributed by atoms with Crippen molar-refractivity contribution in [3.63, 3.8) is 0 Å². The first-order chi connectivity index (χ1) is 2.89. The second-order valence-electron chi connectivity index (χ2n) is 2.02. The van der Waals surface area contributed by atoms with Gasteiger partial charge in [0.15, 0.2) is 0 Å². The summed E-state index contributed by atoms with van der Waals surface area (Å²) in [5.41, 5.74) is 0. The van der Waals surface area contributed by atoms with Crippen molar-refractivity contribution in [2.24, 2.45) is 5.92 Å². The van der Waals surface area contributed by atoms with Crippen molar-refractivity contribution in [2.45, 2.75) is 13.3 Å². The van der Waals surface area contributed by atoms with Crippen molar-refractivity contribution in [1.82, 2.24) is 0 Å². The fourth-order valence-electron chi connectivity index (χ4n) is 0.715. The van der Waals surface area contributed by atoms with Gasteiger partial charge in [0.1, 0.15) is 0 Å². The fraction of sp³-hybridized carbons (Fsp3) is 1.00. The minimum absolute atomic E-state index is 0. The van der Waals surface area contributed by atoms with Crippen LogP contribution in [0.4, 0.5) is 0 Å². The topological polar surface area (TPSA) is 14.1 Å². The molecule has 1 rings (SSSR count). The Morgan fingerprint density at radius 3 is 2.12 bits per heavy atom. The Balaban J connectivity index is 0. The van der Waals surface area contributed by atoms with E-state index in [4.69, 9.17) is 0 Å². The van der Waals surface area contributed by atoms with Gasteiger partial charge in [0.25, 0.3) is 0 Å². The molecular weight excluding hydrogens is 252 g/mol. The zero-order chi connectivity index (χ0) is 4.41. The third-order valence-corrected chi connectivity index (χ3v) is 1.22. The standard InChI is InChI=1S/C5H10N.2Y/c1-5-2-3-6-4-5;;/h5H,2-4H2,1H3;;/q-1;;/t5-;;/m0../s1. The molecule has 1 aliphatic heterocycles. The van der Waals surface area contributed by atoms with Crippen LogP contribution in [0.25, 0.3) is 5.32 Å². The van der Waals surface area contributed by atoms with Gasteiger partial charge in [-0.3, -0.25) is 0 Å². The molecule has 0 unspecified atom stereocenters. The first kappa shape index (κ1) is 12.8. The fourth-order valence-corrected chi connectivity index (χ4v) is 0.715. The molecule has 0 amide bonds. The van der Waals surface area contributed by atoms with Crippen molar-refractivity contribution >= 4 is 0 Å². The maximum absolute atomic E-state index is 4.16. The predicted molar refractivity (Wildman–Crippen MR) is 26.9 cm³/mol. The van der Waals surface area contributed by atoms with Crippen LogP contribution in [0.1, 0.15) is 13.3 Å². The van der Waals surface area contributed by atoms with Crippen LogP contribution >= 0.6 is 0 Å². The summed E-state index contributed by atoms with van der Waals surface area (Å²) < 4.78 is 0. The predicted octanol–water partition coefficient (Wildman–Crippen LogP) is 1.39. The van der Waals surface area contributed by atoms with Gasteiger partial charge in [0.05, 0.1) is 0 Å². The summed E-state index contributed by atoms with van der Waals surface area (Å²) in [6, 6.07) is 0. The molecule has 3 heteroatoms. The molecule has 0 saturated carbocycles. The molecule has 1 heterocycles. The summed E-state index contributed by atoms with van der Waals surface area (Å²) in [7, 11) is 0. The van der Waals surface area contributed by atoms with E-state index < -0.39 is 0 Å². The Bertz CT molecular complexity index is 43.7. The average molecular weight is 262 g/mol. The molecule has 42 valence electrons. The van der Waals surface area contributed by atoms with Gasteiger partial charge in [-0.1, -0.05) is 19.3 Å². The molecule has 0 spiro atoms. The number of hydrogen-bond acceptors (Lipinski definition) is 0. The molecule has 8 heavy (non-hydrogen) atoms. The molecule has 2 radical (unpaired) electrons. The van der Waals surface area contributed by atoms with Crippen molar-refractivity contribution in [3.8, 4) is 0 Å². The van der Waals surface area contributed by atoms with Gasteiger partial charge in [0, 0.05) is 65.4 Å². The van der Waals surface area contributed by atoms with Crippen LogP contribution in [-0.2, 0) is 65.4 Å². The Morgan fingerprint density at radius 1 is 1.38 bits per heavy atom. The van der Waals surface area contributed by atoms with Crippen molar-refractivity contribution in [3.05, 3.63) is 5.32 Å². The summed E-state index contributed by atoms with van der Waals surface area (Å²) in [6.07, 6.45) is 1.32. The van der Waals surface area contributed by atoms with Gasteiger partial charge in [-0.15, -0.1) is 13.1 Å². The average Bonchev–Trinajstić information content (AvgIpc) is 1.86. The van der Waals surface area contributed by atoms with Crippen LogP contribution in [0.15, 0.2) is 0 Å². The van der Waals surface area contributed by atoms with E-state index in [-0.39, 0.29) is 65.4 Å². The molecule has 1 atom stereocenters. The summed E-state index contributed by atoms with van der Waals surface area (Å²) in [5, 5.41) is 4.16. The molecule has 0 aromatic rings. The second kappa shape index (κ2) is 7.28. The van der Waals surface area contributed by atoms with Crippen LogP contribution in [0.3, 0.4) is 0 Å². The monoisotopic (exact) mass is 262 g/mol. The molecule has 0 bridgehead atoms. The van der Waals surface area contributed by atoms with E-state index in [9.17, 15) is 0 Å². The van der Waals surface area contributed by atoms with E-state index in [2.05, 4.69) is 12.2 Å². The molecule has 1 fully saturated rings. The van der Waals surface area contributed by atoms with Crippen LogP contribution in [-0.4, -0.2) is 13.1 Å². The zero-order valence-electron chi connectivity index (χ0n) is 5.30. The van der Waals surface area contributed by atoms with Crippen LogP contribution < -0.4 is 0 Å². The number of hydrogen-bond donors (Lipinski definition) is 0. The number of nitrogens with zero attached hydrogens (tertiary/aromatic N) is 1. The third-order valence-electron chi connectivity index (χ3n) is 1.22. The van der Waals surface area contributed by atoms with E-state index >= 15 is 0 Å². The van der Waals surface area contributed by atoms with Crippen LogP contribution in [0.5, 0.6) is 0 Å². The molecule has 1 saturated heterocycles. The Morgan fingerprint density at radius 2 is 2.00 bits per heavy atom. The summed E-state index contributed by atoms with van der Waals surface area (Å²) in [6.45, 7) is 4.47. The van der Waals surface area contributed by atoms with Gasteiger partial charge in [-0.25, -0.2) is 0 Å². The summed E-state index contributed by atoms with van der Waals surface area (Å²) >= 11 is 0. The quantitative estimate of drug-likeness (QED) is 0.626. The molecule has 0 aromatic heterocycles. The first-order valence-electron chi connectivity index (χ1n) is 2.53. The minimum atomic E-state index is 0. The van der Waals surface area contributed by atoms with Crippen molar-refractivity contribution in [2.75, 3.05) is 13.1 Å². The maximum atomic E-state index is 4.16. The maximum Gasteiger partial charge on any atom is 0 e. The normalized spacial score (nSPS) is 25.9.